The van der Waals surface area contributed by atoms with Crippen molar-refractivity contribution in [3.05, 3.63) is 24.3 Å². The molecule has 1 unspecified atom stereocenters. The molecule has 1 amide bonds. The van der Waals surface area contributed by atoms with Crippen molar-refractivity contribution >= 4 is 5.91 Å². The molecule has 4 heteroatoms. The summed E-state index contributed by atoms with van der Waals surface area (Å²) in [4.78, 5) is 10.8. The van der Waals surface area contributed by atoms with Gasteiger partial charge in [0.05, 0.1) is 6.61 Å². The lowest BCUT2D eigenvalue weighted by molar-refractivity contribution is -0.123. The van der Waals surface area contributed by atoms with Crippen molar-refractivity contribution in [1.29, 1.82) is 0 Å². The molecule has 15 heavy (non-hydrogen) atoms. The Bertz CT molecular complexity index is 338. The monoisotopic (exact) mass is 209 g/mol. The average molecular weight is 209 g/mol. The number of primary amides is 1. The molecule has 0 bridgehead atoms. The molecule has 1 aromatic carbocycles. The van der Waals surface area contributed by atoms with Gasteiger partial charge >= 0.3 is 0 Å². The van der Waals surface area contributed by atoms with E-state index in [2.05, 4.69) is 0 Å². The van der Waals surface area contributed by atoms with E-state index < -0.39 is 12.0 Å². The summed E-state index contributed by atoms with van der Waals surface area (Å²) in [6.07, 6.45) is -0.637. The normalized spacial score (nSPS) is 11.9. The van der Waals surface area contributed by atoms with Crippen molar-refractivity contribution in [2.24, 2.45) is 5.73 Å². The summed E-state index contributed by atoms with van der Waals surface area (Å²) in [6, 6.07) is 7.10. The molecule has 0 radical (unpaired) electrons. The largest absolute Gasteiger partial charge is 0.494 e. The molecule has 1 rings (SSSR count). The fourth-order valence-electron chi connectivity index (χ4n) is 1.07. The molecule has 0 saturated carbocycles. The summed E-state index contributed by atoms with van der Waals surface area (Å²) in [7, 11) is 0. The Morgan fingerprint density at radius 1 is 1.47 bits per heavy atom. The number of hydrogen-bond acceptors (Lipinski definition) is 3. The van der Waals surface area contributed by atoms with Crippen LogP contribution < -0.4 is 15.2 Å². The predicted octanol–water partition coefficient (Wildman–Crippen LogP) is 1.34. The van der Waals surface area contributed by atoms with Crippen molar-refractivity contribution < 1.29 is 14.3 Å². The van der Waals surface area contributed by atoms with Crippen LogP contribution in [0.15, 0.2) is 24.3 Å². The summed E-state index contributed by atoms with van der Waals surface area (Å²) in [5, 5.41) is 0. The second-order valence-electron chi connectivity index (χ2n) is 3.07. The Morgan fingerprint density at radius 2 is 2.13 bits per heavy atom. The van der Waals surface area contributed by atoms with E-state index in [0.717, 1.165) is 0 Å². The maximum absolute atomic E-state index is 10.8. The highest BCUT2D eigenvalue weighted by atomic mass is 16.5. The summed E-state index contributed by atoms with van der Waals surface area (Å²) < 4.78 is 10.6. The van der Waals surface area contributed by atoms with E-state index in [9.17, 15) is 4.79 Å². The van der Waals surface area contributed by atoms with Crippen molar-refractivity contribution in [3.8, 4) is 11.5 Å². The topological polar surface area (TPSA) is 61.6 Å². The molecule has 1 aromatic rings. The number of amides is 1. The van der Waals surface area contributed by atoms with Crippen LogP contribution in [-0.4, -0.2) is 18.6 Å². The van der Waals surface area contributed by atoms with Gasteiger partial charge in [-0.15, -0.1) is 0 Å². The Labute approximate surface area is 89.0 Å². The third kappa shape index (κ3) is 3.50. The summed E-state index contributed by atoms with van der Waals surface area (Å²) in [5.41, 5.74) is 5.09. The molecule has 0 aliphatic carbocycles. The van der Waals surface area contributed by atoms with E-state index in [1.807, 2.05) is 13.0 Å². The lowest BCUT2D eigenvalue weighted by Crippen LogP contribution is -2.30. The molecule has 82 valence electrons. The van der Waals surface area contributed by atoms with Crippen LogP contribution in [0.3, 0.4) is 0 Å². The first kappa shape index (κ1) is 11.4. The molecule has 0 aromatic heterocycles. The lowest BCUT2D eigenvalue weighted by atomic mass is 10.3. The number of hydrogen-bond donors (Lipinski definition) is 1. The first-order valence-electron chi connectivity index (χ1n) is 4.82. The fraction of sp³-hybridized carbons (Fsp3) is 0.364. The van der Waals surface area contributed by atoms with Gasteiger partial charge in [-0.2, -0.15) is 0 Å². The Kier molecular flexibility index (Phi) is 3.97. The summed E-state index contributed by atoms with van der Waals surface area (Å²) in [6.45, 7) is 4.10. The number of rotatable bonds is 5. The minimum atomic E-state index is -0.637. The number of nitrogens with two attached hydrogens (primary N) is 1. The lowest BCUT2D eigenvalue weighted by Gasteiger charge is -2.12. The van der Waals surface area contributed by atoms with Gasteiger partial charge in [0.1, 0.15) is 11.5 Å². The van der Waals surface area contributed by atoms with Gasteiger partial charge in [-0.25, -0.2) is 0 Å². The molecule has 2 N–H and O–H groups in total. The molecule has 0 saturated heterocycles. The minimum Gasteiger partial charge on any atom is -0.494 e. The third-order valence-corrected chi connectivity index (χ3v) is 1.83. The highest BCUT2D eigenvalue weighted by Crippen LogP contribution is 2.20. The summed E-state index contributed by atoms with van der Waals surface area (Å²) >= 11 is 0. The van der Waals surface area contributed by atoms with E-state index in [1.165, 1.54) is 0 Å². The molecular weight excluding hydrogens is 194 g/mol. The first-order valence-corrected chi connectivity index (χ1v) is 4.82. The van der Waals surface area contributed by atoms with Gasteiger partial charge in [-0.05, 0) is 26.0 Å². The maximum atomic E-state index is 10.8. The van der Waals surface area contributed by atoms with Gasteiger partial charge in [0.25, 0.3) is 5.91 Å². The van der Waals surface area contributed by atoms with Crippen LogP contribution in [0.4, 0.5) is 0 Å². The van der Waals surface area contributed by atoms with Gasteiger partial charge in [0.2, 0.25) is 0 Å². The van der Waals surface area contributed by atoms with Gasteiger partial charge in [-0.3, -0.25) is 4.79 Å². The quantitative estimate of drug-likeness (QED) is 0.796. The second kappa shape index (κ2) is 5.24. The minimum absolute atomic E-state index is 0.489. The number of ether oxygens (including phenoxy) is 2. The van der Waals surface area contributed by atoms with Crippen molar-refractivity contribution in [1.82, 2.24) is 0 Å². The van der Waals surface area contributed by atoms with Crippen molar-refractivity contribution in [2.45, 2.75) is 20.0 Å². The zero-order valence-electron chi connectivity index (χ0n) is 8.90. The van der Waals surface area contributed by atoms with Gasteiger partial charge in [0.15, 0.2) is 6.10 Å². The van der Waals surface area contributed by atoms with E-state index in [-0.39, 0.29) is 0 Å². The van der Waals surface area contributed by atoms with Crippen molar-refractivity contribution in [2.75, 3.05) is 6.61 Å². The standard InChI is InChI=1S/C11H15NO3/c1-3-14-9-5-4-6-10(7-9)15-8(2)11(12)13/h4-8H,3H2,1-2H3,(H2,12,13). The van der Waals surface area contributed by atoms with Crippen LogP contribution in [0.5, 0.6) is 11.5 Å². The van der Waals surface area contributed by atoms with Gasteiger partial charge in [0, 0.05) is 6.07 Å². The third-order valence-electron chi connectivity index (χ3n) is 1.83. The average Bonchev–Trinajstić information content (AvgIpc) is 2.18. The number of benzene rings is 1. The van der Waals surface area contributed by atoms with Gasteiger partial charge < -0.3 is 15.2 Å². The highest BCUT2D eigenvalue weighted by Gasteiger charge is 2.10. The molecule has 0 aliphatic rings. The number of carbonyl (C=O) groups excluding carboxylic acids is 1. The summed E-state index contributed by atoms with van der Waals surface area (Å²) in [5.74, 6) is 0.802. The maximum Gasteiger partial charge on any atom is 0.258 e. The van der Waals surface area contributed by atoms with E-state index >= 15 is 0 Å². The first-order chi connectivity index (χ1) is 7.13. The zero-order valence-corrected chi connectivity index (χ0v) is 8.90. The Hall–Kier alpha value is -1.71. The van der Waals surface area contributed by atoms with Crippen LogP contribution in [0, 0.1) is 0 Å². The molecule has 0 spiro atoms. The van der Waals surface area contributed by atoms with Crippen LogP contribution in [0.25, 0.3) is 0 Å². The van der Waals surface area contributed by atoms with Crippen LogP contribution >= 0.6 is 0 Å². The smallest absolute Gasteiger partial charge is 0.258 e. The van der Waals surface area contributed by atoms with Gasteiger partial charge in [-0.1, -0.05) is 6.07 Å². The van der Waals surface area contributed by atoms with Crippen LogP contribution in [0.2, 0.25) is 0 Å². The van der Waals surface area contributed by atoms with E-state index in [0.29, 0.717) is 18.1 Å². The van der Waals surface area contributed by atoms with E-state index in [1.54, 1.807) is 25.1 Å². The zero-order chi connectivity index (χ0) is 11.3. The van der Waals surface area contributed by atoms with E-state index in [4.69, 9.17) is 15.2 Å². The molecule has 1 atom stereocenters. The molecular formula is C11H15NO3. The SMILES string of the molecule is CCOc1cccc(OC(C)C(N)=O)c1. The molecule has 0 fully saturated rings. The van der Waals surface area contributed by atoms with Crippen molar-refractivity contribution in [3.63, 3.8) is 0 Å². The second-order valence-corrected chi connectivity index (χ2v) is 3.07. The Balaban J connectivity index is 2.68. The van der Waals surface area contributed by atoms with Crippen LogP contribution in [0.1, 0.15) is 13.8 Å². The Morgan fingerprint density at radius 3 is 2.73 bits per heavy atom. The molecule has 0 heterocycles. The predicted molar refractivity (Wildman–Crippen MR) is 56.9 cm³/mol. The molecule has 4 nitrogen and oxygen atoms in total. The molecule has 0 aliphatic heterocycles. The number of carbonyl (C=O) groups is 1. The van der Waals surface area contributed by atoms with Crippen LogP contribution in [-0.2, 0) is 4.79 Å². The highest BCUT2D eigenvalue weighted by molar-refractivity contribution is 5.78. The fourth-order valence-corrected chi connectivity index (χ4v) is 1.07.